The van der Waals surface area contributed by atoms with Crippen LogP contribution in [0.3, 0.4) is 0 Å². The van der Waals surface area contributed by atoms with E-state index in [2.05, 4.69) is 37.0 Å². The molecule has 1 aliphatic heterocycles. The molecule has 0 spiro atoms. The molecule has 0 bridgehead atoms. The highest BCUT2D eigenvalue weighted by Crippen LogP contribution is 2.11. The Morgan fingerprint density at radius 1 is 1.13 bits per heavy atom. The van der Waals surface area contributed by atoms with Crippen molar-refractivity contribution in [2.75, 3.05) is 19.6 Å². The Hall–Kier alpha value is -0.560. The quantitative estimate of drug-likeness (QED) is 0.634. The van der Waals surface area contributed by atoms with Crippen molar-refractivity contribution in [3.63, 3.8) is 0 Å². The minimum atomic E-state index is 1.13. The zero-order valence-electron chi connectivity index (χ0n) is 10.3. The lowest BCUT2D eigenvalue weighted by Crippen LogP contribution is -2.26. The molecule has 15 heavy (non-hydrogen) atoms. The molecule has 0 aromatic carbocycles. The van der Waals surface area contributed by atoms with Gasteiger partial charge in [0, 0.05) is 6.54 Å². The largest absolute Gasteiger partial charge is 0.299 e. The van der Waals surface area contributed by atoms with Gasteiger partial charge in [-0.1, -0.05) is 43.6 Å². The summed E-state index contributed by atoms with van der Waals surface area (Å²) in [5.41, 5.74) is 1.49. The number of hydrogen-bond donors (Lipinski definition) is 0. The van der Waals surface area contributed by atoms with Crippen molar-refractivity contribution in [2.24, 2.45) is 0 Å². The Kier molecular flexibility index (Phi) is 6.42. The summed E-state index contributed by atoms with van der Waals surface area (Å²) >= 11 is 0. The average Bonchev–Trinajstić information content (AvgIpc) is 2.47. The van der Waals surface area contributed by atoms with Crippen LogP contribution in [0.25, 0.3) is 0 Å². The van der Waals surface area contributed by atoms with Crippen molar-refractivity contribution in [3.8, 4) is 0 Å². The van der Waals surface area contributed by atoms with Crippen molar-refractivity contribution in [1.82, 2.24) is 4.90 Å². The molecule has 1 fully saturated rings. The molecule has 0 radical (unpaired) electrons. The van der Waals surface area contributed by atoms with Gasteiger partial charge >= 0.3 is 0 Å². The normalized spacial score (nSPS) is 20.8. The lowest BCUT2D eigenvalue weighted by atomic mass is 10.2. The van der Waals surface area contributed by atoms with Gasteiger partial charge in [-0.15, -0.1) is 0 Å². The third kappa shape index (κ3) is 5.78. The molecule has 0 aromatic rings. The lowest BCUT2D eigenvalue weighted by Gasteiger charge is -2.19. The molecule has 0 aromatic heterocycles. The maximum Gasteiger partial charge on any atom is 0.0193 e. The second-order valence-corrected chi connectivity index (χ2v) is 4.54. The SMILES string of the molecule is CC/C=C\C=C(\C)CN1CCCCCC1. The van der Waals surface area contributed by atoms with Gasteiger partial charge in [-0.25, -0.2) is 0 Å². The number of allylic oxidation sites excluding steroid dienone is 3. The second-order valence-electron chi connectivity index (χ2n) is 4.54. The highest BCUT2D eigenvalue weighted by atomic mass is 15.1. The molecule has 1 aliphatic rings. The van der Waals surface area contributed by atoms with Gasteiger partial charge in [-0.05, 0) is 39.3 Å². The van der Waals surface area contributed by atoms with Crippen LogP contribution in [0.5, 0.6) is 0 Å². The van der Waals surface area contributed by atoms with Crippen LogP contribution in [-0.4, -0.2) is 24.5 Å². The van der Waals surface area contributed by atoms with E-state index in [-0.39, 0.29) is 0 Å². The summed E-state index contributed by atoms with van der Waals surface area (Å²) in [5.74, 6) is 0. The van der Waals surface area contributed by atoms with Crippen molar-refractivity contribution in [3.05, 3.63) is 23.8 Å². The molecule has 0 amide bonds. The fourth-order valence-electron chi connectivity index (χ4n) is 2.07. The zero-order valence-corrected chi connectivity index (χ0v) is 10.3. The monoisotopic (exact) mass is 207 g/mol. The smallest absolute Gasteiger partial charge is 0.0193 e. The molecule has 1 heterocycles. The summed E-state index contributed by atoms with van der Waals surface area (Å²) in [4.78, 5) is 2.60. The van der Waals surface area contributed by atoms with E-state index < -0.39 is 0 Å². The predicted molar refractivity (Wildman–Crippen MR) is 68.1 cm³/mol. The maximum atomic E-state index is 2.60. The summed E-state index contributed by atoms with van der Waals surface area (Å²) in [7, 11) is 0. The zero-order chi connectivity index (χ0) is 10.9. The van der Waals surface area contributed by atoms with Crippen LogP contribution < -0.4 is 0 Å². The second kappa shape index (κ2) is 7.70. The van der Waals surface area contributed by atoms with Crippen molar-refractivity contribution in [2.45, 2.75) is 46.0 Å². The molecule has 0 saturated carbocycles. The van der Waals surface area contributed by atoms with Crippen molar-refractivity contribution >= 4 is 0 Å². The van der Waals surface area contributed by atoms with Crippen molar-refractivity contribution < 1.29 is 0 Å². The van der Waals surface area contributed by atoms with Crippen LogP contribution in [-0.2, 0) is 0 Å². The Labute approximate surface area is 94.9 Å². The summed E-state index contributed by atoms with van der Waals surface area (Å²) < 4.78 is 0. The highest BCUT2D eigenvalue weighted by Gasteiger charge is 2.08. The van der Waals surface area contributed by atoms with E-state index in [1.54, 1.807) is 0 Å². The van der Waals surface area contributed by atoms with Gasteiger partial charge in [0.1, 0.15) is 0 Å². The van der Waals surface area contributed by atoms with Gasteiger partial charge in [0.15, 0.2) is 0 Å². The number of hydrogen-bond acceptors (Lipinski definition) is 1. The summed E-state index contributed by atoms with van der Waals surface area (Å²) in [6.45, 7) is 8.17. The first-order valence-electron chi connectivity index (χ1n) is 6.37. The molecule has 0 atom stereocenters. The van der Waals surface area contributed by atoms with Gasteiger partial charge in [-0.3, -0.25) is 4.90 Å². The third-order valence-electron chi connectivity index (χ3n) is 2.92. The summed E-state index contributed by atoms with van der Waals surface area (Å²) in [6, 6.07) is 0. The molecular weight excluding hydrogens is 182 g/mol. The Morgan fingerprint density at radius 3 is 2.40 bits per heavy atom. The fourth-order valence-corrected chi connectivity index (χ4v) is 2.07. The fraction of sp³-hybridized carbons (Fsp3) is 0.714. The van der Waals surface area contributed by atoms with Gasteiger partial charge < -0.3 is 0 Å². The van der Waals surface area contributed by atoms with Gasteiger partial charge in [0.25, 0.3) is 0 Å². The number of nitrogens with zero attached hydrogens (tertiary/aromatic N) is 1. The third-order valence-corrected chi connectivity index (χ3v) is 2.92. The lowest BCUT2D eigenvalue weighted by molar-refractivity contribution is 0.309. The standard InChI is InChI=1S/C14H25N/c1-3-4-7-10-14(2)13-15-11-8-5-6-9-12-15/h4,7,10H,3,5-6,8-9,11-13H2,1-2H3/b7-4-,14-10-. The maximum absolute atomic E-state index is 2.60. The highest BCUT2D eigenvalue weighted by molar-refractivity contribution is 5.11. The predicted octanol–water partition coefficient (Wildman–Crippen LogP) is 3.77. The Morgan fingerprint density at radius 2 is 1.80 bits per heavy atom. The molecule has 0 N–H and O–H groups in total. The summed E-state index contributed by atoms with van der Waals surface area (Å²) in [6.07, 6.45) is 13.4. The van der Waals surface area contributed by atoms with Crippen LogP contribution in [0.4, 0.5) is 0 Å². The molecule has 0 unspecified atom stereocenters. The Balaban J connectivity index is 2.31. The van der Waals surface area contributed by atoms with Crippen LogP contribution >= 0.6 is 0 Å². The average molecular weight is 207 g/mol. The molecule has 86 valence electrons. The molecule has 1 heteroatoms. The molecular formula is C14H25N. The molecule has 1 nitrogen and oxygen atoms in total. The van der Waals surface area contributed by atoms with Crippen LogP contribution in [0.1, 0.15) is 46.0 Å². The minimum Gasteiger partial charge on any atom is -0.299 e. The van der Waals surface area contributed by atoms with Gasteiger partial charge in [0.05, 0.1) is 0 Å². The van der Waals surface area contributed by atoms with E-state index in [9.17, 15) is 0 Å². The van der Waals surface area contributed by atoms with Gasteiger partial charge in [0.2, 0.25) is 0 Å². The topological polar surface area (TPSA) is 3.24 Å². The van der Waals surface area contributed by atoms with E-state index in [4.69, 9.17) is 0 Å². The first-order chi connectivity index (χ1) is 7.33. The summed E-state index contributed by atoms with van der Waals surface area (Å²) in [5, 5.41) is 0. The number of rotatable bonds is 4. The van der Waals surface area contributed by atoms with Crippen LogP contribution in [0.2, 0.25) is 0 Å². The Bertz CT molecular complexity index is 207. The number of likely N-dealkylation sites (tertiary alicyclic amines) is 1. The van der Waals surface area contributed by atoms with Crippen LogP contribution in [0, 0.1) is 0 Å². The van der Waals surface area contributed by atoms with E-state index >= 15 is 0 Å². The van der Waals surface area contributed by atoms with Gasteiger partial charge in [-0.2, -0.15) is 0 Å². The van der Waals surface area contributed by atoms with E-state index in [0.29, 0.717) is 0 Å². The first-order valence-corrected chi connectivity index (χ1v) is 6.37. The van der Waals surface area contributed by atoms with E-state index in [0.717, 1.165) is 13.0 Å². The molecule has 1 rings (SSSR count). The first kappa shape index (κ1) is 12.5. The molecule has 1 saturated heterocycles. The van der Waals surface area contributed by atoms with Crippen LogP contribution in [0.15, 0.2) is 23.8 Å². The molecule has 0 aliphatic carbocycles. The minimum absolute atomic E-state index is 1.13. The van der Waals surface area contributed by atoms with Crippen molar-refractivity contribution in [1.29, 1.82) is 0 Å². The van der Waals surface area contributed by atoms with E-state index in [1.807, 2.05) is 0 Å². The van der Waals surface area contributed by atoms with E-state index in [1.165, 1.54) is 44.3 Å².